The standard InChI is InChI=1S/C21H20F2N2O4/c1-12-18(8-5-9-19(12)28-21(22)23)24-20(26)15-6-4-7-16(10-15)27-11-17-13(2)25-29-14(17)3/h4-10,21H,11H2,1-3H3,(H,24,26). The van der Waals surface area contributed by atoms with Crippen molar-refractivity contribution in [1.29, 1.82) is 0 Å². The monoisotopic (exact) mass is 402 g/mol. The second-order valence-electron chi connectivity index (χ2n) is 6.38. The largest absolute Gasteiger partial charge is 0.489 e. The van der Waals surface area contributed by atoms with Crippen LogP contribution in [0.1, 0.15) is 32.9 Å². The molecule has 29 heavy (non-hydrogen) atoms. The summed E-state index contributed by atoms with van der Waals surface area (Å²) in [6.45, 7) is 2.55. The first-order chi connectivity index (χ1) is 13.8. The maximum atomic E-state index is 12.6. The number of carbonyl (C=O) groups excluding carboxylic acids is 1. The number of hydrogen-bond donors (Lipinski definition) is 1. The number of nitrogens with zero attached hydrogens (tertiary/aromatic N) is 1. The van der Waals surface area contributed by atoms with Crippen molar-refractivity contribution in [2.24, 2.45) is 0 Å². The van der Waals surface area contributed by atoms with Gasteiger partial charge in [-0.05, 0) is 51.1 Å². The van der Waals surface area contributed by atoms with Crippen LogP contribution in [0.15, 0.2) is 47.0 Å². The molecule has 0 saturated heterocycles. The predicted molar refractivity (Wildman–Crippen MR) is 103 cm³/mol. The van der Waals surface area contributed by atoms with Gasteiger partial charge in [0.05, 0.1) is 11.3 Å². The molecule has 1 heterocycles. The molecule has 1 aromatic heterocycles. The summed E-state index contributed by atoms with van der Waals surface area (Å²) in [5.74, 6) is 0.793. The minimum atomic E-state index is -2.94. The third-order valence-corrected chi connectivity index (χ3v) is 4.41. The van der Waals surface area contributed by atoms with E-state index in [1.54, 1.807) is 44.2 Å². The van der Waals surface area contributed by atoms with Gasteiger partial charge in [0.1, 0.15) is 23.9 Å². The molecule has 0 aliphatic heterocycles. The van der Waals surface area contributed by atoms with Crippen LogP contribution in [0.25, 0.3) is 0 Å². The Balaban J connectivity index is 1.71. The Hall–Kier alpha value is -3.42. The second-order valence-corrected chi connectivity index (χ2v) is 6.38. The van der Waals surface area contributed by atoms with Gasteiger partial charge in [-0.1, -0.05) is 17.3 Å². The molecular formula is C21H20F2N2O4. The lowest BCUT2D eigenvalue weighted by molar-refractivity contribution is -0.0502. The quantitative estimate of drug-likeness (QED) is 0.600. The van der Waals surface area contributed by atoms with E-state index in [1.807, 2.05) is 6.92 Å². The van der Waals surface area contributed by atoms with Gasteiger partial charge >= 0.3 is 6.61 Å². The Bertz CT molecular complexity index is 998. The molecule has 0 aliphatic rings. The summed E-state index contributed by atoms with van der Waals surface area (Å²) >= 11 is 0. The van der Waals surface area contributed by atoms with Gasteiger partial charge in [0, 0.05) is 16.8 Å². The van der Waals surface area contributed by atoms with Gasteiger partial charge in [-0.2, -0.15) is 8.78 Å². The average Bonchev–Trinajstić information content (AvgIpc) is 3.01. The van der Waals surface area contributed by atoms with Crippen molar-refractivity contribution in [3.8, 4) is 11.5 Å². The third kappa shape index (κ3) is 4.90. The number of nitrogens with one attached hydrogen (secondary N) is 1. The molecule has 0 fully saturated rings. The fraction of sp³-hybridized carbons (Fsp3) is 0.238. The van der Waals surface area contributed by atoms with Gasteiger partial charge in [0.2, 0.25) is 0 Å². The molecule has 0 radical (unpaired) electrons. The van der Waals surface area contributed by atoms with Crippen LogP contribution < -0.4 is 14.8 Å². The number of rotatable bonds is 7. The molecule has 0 saturated carbocycles. The number of alkyl halides is 2. The molecule has 6 nitrogen and oxygen atoms in total. The minimum Gasteiger partial charge on any atom is -0.489 e. The van der Waals surface area contributed by atoms with Crippen molar-refractivity contribution < 1.29 is 27.6 Å². The fourth-order valence-electron chi connectivity index (χ4n) is 2.76. The van der Waals surface area contributed by atoms with E-state index in [9.17, 15) is 13.6 Å². The topological polar surface area (TPSA) is 73.6 Å². The first kappa shape index (κ1) is 20.3. The summed E-state index contributed by atoms with van der Waals surface area (Å²) in [6, 6.07) is 11.2. The lowest BCUT2D eigenvalue weighted by Crippen LogP contribution is -2.13. The molecule has 2 aromatic carbocycles. The third-order valence-electron chi connectivity index (χ3n) is 4.41. The van der Waals surface area contributed by atoms with Crippen LogP contribution in [0, 0.1) is 20.8 Å². The van der Waals surface area contributed by atoms with Gasteiger partial charge < -0.3 is 19.3 Å². The van der Waals surface area contributed by atoms with Crippen molar-refractivity contribution in [2.45, 2.75) is 34.0 Å². The van der Waals surface area contributed by atoms with Gasteiger partial charge in [-0.3, -0.25) is 4.79 Å². The van der Waals surface area contributed by atoms with Crippen LogP contribution in [-0.4, -0.2) is 17.7 Å². The molecule has 0 bridgehead atoms. The maximum absolute atomic E-state index is 12.6. The van der Waals surface area contributed by atoms with Crippen LogP contribution >= 0.6 is 0 Å². The zero-order valence-corrected chi connectivity index (χ0v) is 16.2. The summed E-state index contributed by atoms with van der Waals surface area (Å²) in [5, 5.41) is 6.59. The summed E-state index contributed by atoms with van der Waals surface area (Å²) in [5.41, 5.74) is 2.76. The lowest BCUT2D eigenvalue weighted by Gasteiger charge is -2.13. The summed E-state index contributed by atoms with van der Waals surface area (Å²) in [7, 11) is 0. The molecule has 0 unspecified atom stereocenters. The van der Waals surface area contributed by atoms with Crippen LogP contribution in [0.2, 0.25) is 0 Å². The van der Waals surface area contributed by atoms with Gasteiger partial charge in [-0.15, -0.1) is 0 Å². The molecule has 3 rings (SSSR count). The van der Waals surface area contributed by atoms with E-state index in [2.05, 4.69) is 15.2 Å². The maximum Gasteiger partial charge on any atom is 0.387 e. The Morgan fingerprint density at radius 1 is 1.17 bits per heavy atom. The predicted octanol–water partition coefficient (Wildman–Crippen LogP) is 5.03. The van der Waals surface area contributed by atoms with E-state index in [4.69, 9.17) is 9.26 Å². The van der Waals surface area contributed by atoms with Crippen LogP contribution in [-0.2, 0) is 6.61 Å². The Morgan fingerprint density at radius 3 is 2.62 bits per heavy atom. The molecule has 0 atom stereocenters. The molecular weight excluding hydrogens is 382 g/mol. The zero-order valence-electron chi connectivity index (χ0n) is 16.2. The number of halogens is 2. The van der Waals surface area contributed by atoms with Crippen LogP contribution in [0.4, 0.5) is 14.5 Å². The number of aromatic nitrogens is 1. The summed E-state index contributed by atoms with van der Waals surface area (Å²) < 4.78 is 40.3. The molecule has 1 N–H and O–H groups in total. The highest BCUT2D eigenvalue weighted by Gasteiger charge is 2.14. The number of ether oxygens (including phenoxy) is 2. The highest BCUT2D eigenvalue weighted by Crippen LogP contribution is 2.27. The van der Waals surface area contributed by atoms with E-state index in [0.717, 1.165) is 11.3 Å². The van der Waals surface area contributed by atoms with Gasteiger partial charge in [0.25, 0.3) is 5.91 Å². The van der Waals surface area contributed by atoms with Crippen molar-refractivity contribution in [3.63, 3.8) is 0 Å². The lowest BCUT2D eigenvalue weighted by atomic mass is 10.1. The highest BCUT2D eigenvalue weighted by molar-refractivity contribution is 6.05. The zero-order chi connectivity index (χ0) is 21.0. The van der Waals surface area contributed by atoms with E-state index in [1.165, 1.54) is 12.1 Å². The Morgan fingerprint density at radius 2 is 1.93 bits per heavy atom. The van der Waals surface area contributed by atoms with E-state index in [-0.39, 0.29) is 12.4 Å². The van der Waals surface area contributed by atoms with Crippen LogP contribution in [0.3, 0.4) is 0 Å². The van der Waals surface area contributed by atoms with Crippen molar-refractivity contribution in [1.82, 2.24) is 5.16 Å². The van der Waals surface area contributed by atoms with Crippen molar-refractivity contribution in [3.05, 3.63) is 70.6 Å². The Kier molecular flexibility index (Phi) is 6.11. The highest BCUT2D eigenvalue weighted by atomic mass is 19.3. The summed E-state index contributed by atoms with van der Waals surface area (Å²) in [4.78, 5) is 12.6. The SMILES string of the molecule is Cc1noc(C)c1COc1cccc(C(=O)Nc2cccc(OC(F)F)c2C)c1. The van der Waals surface area contributed by atoms with Crippen LogP contribution in [0.5, 0.6) is 11.5 Å². The first-order valence-electron chi connectivity index (χ1n) is 8.85. The molecule has 3 aromatic rings. The Labute approximate surface area is 166 Å². The van der Waals surface area contributed by atoms with Crippen molar-refractivity contribution in [2.75, 3.05) is 5.32 Å². The van der Waals surface area contributed by atoms with E-state index in [0.29, 0.717) is 28.3 Å². The fourth-order valence-corrected chi connectivity index (χ4v) is 2.76. The molecule has 0 spiro atoms. The number of aryl methyl sites for hydroxylation is 2. The number of anilines is 1. The number of hydrogen-bond acceptors (Lipinski definition) is 5. The number of carbonyl (C=O) groups is 1. The molecule has 152 valence electrons. The summed E-state index contributed by atoms with van der Waals surface area (Å²) in [6.07, 6.45) is 0. The van der Waals surface area contributed by atoms with Gasteiger partial charge in [0.15, 0.2) is 0 Å². The number of amides is 1. The molecule has 1 amide bonds. The molecule has 8 heteroatoms. The van der Waals surface area contributed by atoms with E-state index < -0.39 is 12.5 Å². The van der Waals surface area contributed by atoms with E-state index >= 15 is 0 Å². The first-order valence-corrected chi connectivity index (χ1v) is 8.85. The molecule has 0 aliphatic carbocycles. The average molecular weight is 402 g/mol. The number of benzene rings is 2. The van der Waals surface area contributed by atoms with Gasteiger partial charge in [-0.25, -0.2) is 0 Å². The second kappa shape index (κ2) is 8.72. The normalized spacial score (nSPS) is 10.8. The van der Waals surface area contributed by atoms with Crippen molar-refractivity contribution >= 4 is 11.6 Å². The smallest absolute Gasteiger partial charge is 0.387 e. The minimum absolute atomic E-state index is 0.00865.